The molecule has 8 nitrogen and oxygen atoms in total. The van der Waals surface area contributed by atoms with Gasteiger partial charge >= 0.3 is 6.03 Å². The topological polar surface area (TPSA) is 97.3 Å². The van der Waals surface area contributed by atoms with Crippen LogP contribution < -0.4 is 19.5 Å². The Bertz CT molecular complexity index is 962. The Labute approximate surface area is 168 Å². The lowest BCUT2D eigenvalue weighted by Gasteiger charge is -2.23. The van der Waals surface area contributed by atoms with E-state index in [4.69, 9.17) is 14.2 Å². The number of ether oxygens (including phenoxy) is 3. The van der Waals surface area contributed by atoms with E-state index in [2.05, 4.69) is 5.32 Å². The van der Waals surface area contributed by atoms with Gasteiger partial charge in [0.05, 0.1) is 6.54 Å². The summed E-state index contributed by atoms with van der Waals surface area (Å²) >= 11 is 0. The van der Waals surface area contributed by atoms with Crippen LogP contribution in [0.1, 0.15) is 18.1 Å². The van der Waals surface area contributed by atoms with Gasteiger partial charge < -0.3 is 24.6 Å². The molecule has 3 amide bonds. The van der Waals surface area contributed by atoms with Crippen LogP contribution in [0.5, 0.6) is 17.2 Å². The Morgan fingerprint density at radius 1 is 1.21 bits per heavy atom. The van der Waals surface area contributed by atoms with Gasteiger partial charge in [-0.1, -0.05) is 24.3 Å². The van der Waals surface area contributed by atoms with E-state index in [0.717, 1.165) is 10.5 Å². The van der Waals surface area contributed by atoms with E-state index in [1.807, 2.05) is 25.1 Å². The molecule has 152 valence electrons. The molecule has 2 aromatic rings. The molecule has 29 heavy (non-hydrogen) atoms. The molecular weight excluding hydrogens is 376 g/mol. The van der Waals surface area contributed by atoms with Gasteiger partial charge in [0.25, 0.3) is 5.91 Å². The Morgan fingerprint density at radius 3 is 2.76 bits per heavy atom. The summed E-state index contributed by atoms with van der Waals surface area (Å²) < 4.78 is 16.3. The predicted molar refractivity (Wildman–Crippen MR) is 103 cm³/mol. The SMILES string of the molecule is Cc1ccccc1OC[C@H](O)CN1C(=O)N[C@](C)(c2ccc3c(c2)OCO3)C1=O. The number of urea groups is 1. The van der Waals surface area contributed by atoms with Crippen LogP contribution in [-0.4, -0.2) is 48.0 Å². The Morgan fingerprint density at radius 2 is 1.97 bits per heavy atom. The predicted octanol–water partition coefficient (Wildman–Crippen LogP) is 1.93. The van der Waals surface area contributed by atoms with Crippen molar-refractivity contribution < 1.29 is 28.9 Å². The van der Waals surface area contributed by atoms with Crippen LogP contribution in [0.4, 0.5) is 4.79 Å². The zero-order chi connectivity index (χ0) is 20.6. The molecular formula is C21H22N2O6. The summed E-state index contributed by atoms with van der Waals surface area (Å²) in [6.07, 6.45) is -1.02. The molecule has 4 rings (SSSR count). The summed E-state index contributed by atoms with van der Waals surface area (Å²) in [6, 6.07) is 12.0. The van der Waals surface area contributed by atoms with Gasteiger partial charge in [-0.2, -0.15) is 0 Å². The van der Waals surface area contributed by atoms with E-state index in [1.165, 1.54) is 0 Å². The molecule has 2 heterocycles. The van der Waals surface area contributed by atoms with Crippen LogP contribution in [0.25, 0.3) is 0 Å². The van der Waals surface area contributed by atoms with Crippen LogP contribution in [0.15, 0.2) is 42.5 Å². The van der Waals surface area contributed by atoms with Crippen molar-refractivity contribution in [2.24, 2.45) is 0 Å². The Kier molecular flexibility index (Phi) is 4.79. The second-order valence-electron chi connectivity index (χ2n) is 7.27. The number of aliphatic hydroxyl groups excluding tert-OH is 1. The number of aryl methyl sites for hydroxylation is 1. The maximum absolute atomic E-state index is 13.0. The van der Waals surface area contributed by atoms with Crippen LogP contribution in [0.3, 0.4) is 0 Å². The number of amides is 3. The maximum atomic E-state index is 13.0. The molecule has 0 spiro atoms. The number of para-hydroxylation sites is 1. The summed E-state index contributed by atoms with van der Waals surface area (Å²) in [4.78, 5) is 26.5. The number of hydrogen-bond acceptors (Lipinski definition) is 6. The van der Waals surface area contributed by atoms with Gasteiger partial charge in [0.2, 0.25) is 6.79 Å². The van der Waals surface area contributed by atoms with Crippen molar-refractivity contribution in [2.75, 3.05) is 19.9 Å². The number of carbonyl (C=O) groups is 2. The average Bonchev–Trinajstić information content (AvgIpc) is 3.26. The monoisotopic (exact) mass is 398 g/mol. The molecule has 0 aliphatic carbocycles. The molecule has 0 bridgehead atoms. The first-order valence-corrected chi connectivity index (χ1v) is 9.29. The van der Waals surface area contributed by atoms with Gasteiger partial charge in [-0.05, 0) is 43.2 Å². The standard InChI is InChI=1S/C21H22N2O6/c1-13-5-3-4-6-16(13)27-11-15(24)10-23-19(25)21(2,22-20(23)26)14-7-8-17-18(9-14)29-12-28-17/h3-9,15,24H,10-12H2,1-2H3,(H,22,26)/t15-,21-/m1/s1. The molecule has 2 N–H and O–H groups in total. The normalized spacial score (nSPS) is 21.3. The number of rotatable bonds is 6. The highest BCUT2D eigenvalue weighted by molar-refractivity contribution is 6.07. The average molecular weight is 398 g/mol. The lowest BCUT2D eigenvalue weighted by atomic mass is 9.91. The molecule has 1 saturated heterocycles. The molecule has 0 saturated carbocycles. The third kappa shape index (κ3) is 3.47. The first-order valence-electron chi connectivity index (χ1n) is 9.29. The number of nitrogens with one attached hydrogen (secondary N) is 1. The fraction of sp³-hybridized carbons (Fsp3) is 0.333. The summed E-state index contributed by atoms with van der Waals surface area (Å²) in [7, 11) is 0. The van der Waals surface area contributed by atoms with Gasteiger partial charge in [-0.3, -0.25) is 9.69 Å². The van der Waals surface area contributed by atoms with Gasteiger partial charge in [0.1, 0.15) is 24.0 Å². The number of hydrogen-bond donors (Lipinski definition) is 2. The minimum Gasteiger partial charge on any atom is -0.491 e. The molecule has 2 aliphatic rings. The highest BCUT2D eigenvalue weighted by Gasteiger charge is 2.49. The van der Waals surface area contributed by atoms with Crippen molar-refractivity contribution >= 4 is 11.9 Å². The van der Waals surface area contributed by atoms with Crippen molar-refractivity contribution in [3.8, 4) is 17.2 Å². The number of fused-ring (bicyclic) bond motifs is 1. The first kappa shape index (κ1) is 19.1. The van der Waals surface area contributed by atoms with Crippen LogP contribution >= 0.6 is 0 Å². The number of benzene rings is 2. The molecule has 2 aromatic carbocycles. The van der Waals surface area contributed by atoms with Gasteiger partial charge in [-0.25, -0.2) is 4.79 Å². The fourth-order valence-electron chi connectivity index (χ4n) is 3.43. The van der Waals surface area contributed by atoms with Crippen LogP contribution in [-0.2, 0) is 10.3 Å². The van der Waals surface area contributed by atoms with Crippen molar-refractivity contribution in [3.63, 3.8) is 0 Å². The summed E-state index contributed by atoms with van der Waals surface area (Å²) in [5, 5.41) is 13.0. The van der Waals surface area contributed by atoms with E-state index in [0.29, 0.717) is 22.8 Å². The third-order valence-corrected chi connectivity index (χ3v) is 5.14. The summed E-state index contributed by atoms with van der Waals surface area (Å²) in [5.74, 6) is 1.32. The Hall–Kier alpha value is -3.26. The van der Waals surface area contributed by atoms with Crippen molar-refractivity contribution in [1.82, 2.24) is 10.2 Å². The number of β-amino-alcohol motifs (C(OH)–C–C–N with tert-alkyl or cyclic N) is 1. The number of carbonyl (C=O) groups excluding carboxylic acids is 2. The highest BCUT2D eigenvalue weighted by atomic mass is 16.7. The minimum absolute atomic E-state index is 0.0390. The van der Waals surface area contributed by atoms with E-state index in [9.17, 15) is 14.7 Å². The number of imide groups is 1. The lowest BCUT2D eigenvalue weighted by Crippen LogP contribution is -2.42. The summed E-state index contributed by atoms with van der Waals surface area (Å²) in [5.41, 5.74) is 0.257. The molecule has 0 unspecified atom stereocenters. The maximum Gasteiger partial charge on any atom is 0.325 e. The van der Waals surface area contributed by atoms with E-state index in [1.54, 1.807) is 31.2 Å². The quantitative estimate of drug-likeness (QED) is 0.722. The number of aliphatic hydroxyl groups is 1. The van der Waals surface area contributed by atoms with E-state index >= 15 is 0 Å². The second kappa shape index (κ2) is 7.29. The lowest BCUT2D eigenvalue weighted by molar-refractivity contribution is -0.132. The largest absolute Gasteiger partial charge is 0.491 e. The van der Waals surface area contributed by atoms with Crippen molar-refractivity contribution in [1.29, 1.82) is 0 Å². The van der Waals surface area contributed by atoms with Crippen molar-refractivity contribution in [2.45, 2.75) is 25.5 Å². The molecule has 2 atom stereocenters. The zero-order valence-electron chi connectivity index (χ0n) is 16.2. The molecule has 2 aliphatic heterocycles. The molecule has 1 fully saturated rings. The molecule has 0 aromatic heterocycles. The van der Waals surface area contributed by atoms with Gasteiger partial charge in [0.15, 0.2) is 11.5 Å². The second-order valence-corrected chi connectivity index (χ2v) is 7.27. The molecule has 8 heteroatoms. The summed E-state index contributed by atoms with van der Waals surface area (Å²) in [6.45, 7) is 3.44. The third-order valence-electron chi connectivity index (χ3n) is 5.14. The van der Waals surface area contributed by atoms with E-state index < -0.39 is 23.6 Å². The highest BCUT2D eigenvalue weighted by Crippen LogP contribution is 2.37. The minimum atomic E-state index is -1.26. The fourth-order valence-corrected chi connectivity index (χ4v) is 3.43. The Balaban J connectivity index is 1.44. The van der Waals surface area contributed by atoms with Gasteiger partial charge in [-0.15, -0.1) is 0 Å². The first-order chi connectivity index (χ1) is 13.9. The van der Waals surface area contributed by atoms with E-state index in [-0.39, 0.29) is 19.9 Å². The molecule has 0 radical (unpaired) electrons. The smallest absolute Gasteiger partial charge is 0.325 e. The van der Waals surface area contributed by atoms with Gasteiger partial charge in [0, 0.05) is 0 Å². The van der Waals surface area contributed by atoms with Crippen LogP contribution in [0.2, 0.25) is 0 Å². The zero-order valence-corrected chi connectivity index (χ0v) is 16.2. The number of nitrogens with zero attached hydrogens (tertiary/aromatic N) is 1. The van der Waals surface area contributed by atoms with Crippen LogP contribution in [0, 0.1) is 6.92 Å². The van der Waals surface area contributed by atoms with Crippen molar-refractivity contribution in [3.05, 3.63) is 53.6 Å².